The zero-order valence-corrected chi connectivity index (χ0v) is 17.1. The molecule has 0 saturated carbocycles. The summed E-state index contributed by atoms with van der Waals surface area (Å²) in [4.78, 5) is 21.3. The molecule has 1 amide bonds. The van der Waals surface area contributed by atoms with Gasteiger partial charge in [-0.25, -0.2) is 5.06 Å². The first-order valence-corrected chi connectivity index (χ1v) is 10.6. The second-order valence-corrected chi connectivity index (χ2v) is 8.76. The fourth-order valence-corrected chi connectivity index (χ4v) is 4.96. The molecule has 2 fully saturated rings. The number of carbonyl (C=O) groups is 1. The molecule has 2 aliphatic heterocycles. The van der Waals surface area contributed by atoms with E-state index in [1.807, 2.05) is 66.6 Å². The van der Waals surface area contributed by atoms with Crippen molar-refractivity contribution in [1.29, 1.82) is 0 Å². The minimum Gasteiger partial charge on any atom is -0.297 e. The number of nitrogens with zero attached hydrogens (tertiary/aromatic N) is 2. The molecule has 4 nitrogen and oxygen atoms in total. The van der Waals surface area contributed by atoms with Gasteiger partial charge < -0.3 is 0 Å². The zero-order chi connectivity index (χ0) is 19.0. The summed E-state index contributed by atoms with van der Waals surface area (Å²) < 4.78 is 0.653. The molecule has 2 aromatic carbocycles. The van der Waals surface area contributed by atoms with Crippen molar-refractivity contribution in [2.24, 2.45) is 5.92 Å². The smallest absolute Gasteiger partial charge is 0.236 e. The third-order valence-electron chi connectivity index (χ3n) is 4.91. The number of anilines is 1. The predicted octanol–water partition coefficient (Wildman–Crippen LogP) is 4.70. The molecular formula is C20H19ClN2O2S2. The van der Waals surface area contributed by atoms with Gasteiger partial charge in [0.1, 0.15) is 4.32 Å². The highest BCUT2D eigenvalue weighted by Gasteiger charge is 2.48. The molecule has 0 radical (unpaired) electrons. The van der Waals surface area contributed by atoms with Crippen molar-refractivity contribution in [3.63, 3.8) is 0 Å². The summed E-state index contributed by atoms with van der Waals surface area (Å²) in [6, 6.07) is 17.2. The van der Waals surface area contributed by atoms with Crippen LogP contribution < -0.4 is 5.06 Å². The first-order chi connectivity index (χ1) is 13.1. The minimum atomic E-state index is -0.358. The lowest BCUT2D eigenvalue weighted by Gasteiger charge is -2.29. The van der Waals surface area contributed by atoms with Crippen molar-refractivity contribution >= 4 is 51.5 Å². The van der Waals surface area contributed by atoms with E-state index < -0.39 is 0 Å². The summed E-state index contributed by atoms with van der Waals surface area (Å²) in [6.45, 7) is 2.60. The largest absolute Gasteiger partial charge is 0.297 e. The monoisotopic (exact) mass is 418 g/mol. The Bertz CT molecular complexity index is 847. The van der Waals surface area contributed by atoms with Crippen LogP contribution in [0, 0.1) is 5.92 Å². The Kier molecular flexibility index (Phi) is 5.41. The molecule has 0 bridgehead atoms. The molecule has 140 valence electrons. The van der Waals surface area contributed by atoms with Gasteiger partial charge in [0.15, 0.2) is 0 Å². The van der Waals surface area contributed by atoms with Crippen LogP contribution in [0.1, 0.15) is 18.5 Å². The molecule has 3 atom stereocenters. The number of benzene rings is 2. The average Bonchev–Trinajstić information content (AvgIpc) is 3.26. The van der Waals surface area contributed by atoms with Crippen LogP contribution in [0.2, 0.25) is 5.02 Å². The van der Waals surface area contributed by atoms with E-state index in [-0.39, 0.29) is 24.0 Å². The van der Waals surface area contributed by atoms with Gasteiger partial charge in [-0.1, -0.05) is 65.9 Å². The van der Waals surface area contributed by atoms with E-state index in [0.29, 0.717) is 15.9 Å². The number of hydrogen-bond acceptors (Lipinski definition) is 5. The summed E-state index contributed by atoms with van der Waals surface area (Å²) in [5, 5.41) is 2.51. The standard InChI is InChI=1S/C20H19ClN2O2S2/c1-13-17(19(24)22-11-12-27-20(22)26)18(14-7-9-15(21)10-8-14)23(25-13)16-5-3-2-4-6-16/h2-10,13,17-18H,11-12H2,1H3/t13-,17-,18-/m0/s1. The van der Waals surface area contributed by atoms with Gasteiger partial charge in [0.2, 0.25) is 5.91 Å². The Morgan fingerprint density at radius 2 is 1.89 bits per heavy atom. The lowest BCUT2D eigenvalue weighted by atomic mass is 9.88. The second kappa shape index (κ2) is 7.80. The molecule has 0 aromatic heterocycles. The van der Waals surface area contributed by atoms with E-state index >= 15 is 0 Å². The van der Waals surface area contributed by atoms with Gasteiger partial charge in [-0.05, 0) is 36.8 Å². The third kappa shape index (κ3) is 3.59. The van der Waals surface area contributed by atoms with Gasteiger partial charge in [-0.3, -0.25) is 14.5 Å². The Labute approximate surface area is 173 Å². The van der Waals surface area contributed by atoms with Crippen LogP contribution in [-0.4, -0.2) is 33.5 Å². The van der Waals surface area contributed by atoms with Gasteiger partial charge in [-0.2, -0.15) is 0 Å². The van der Waals surface area contributed by atoms with Crippen LogP contribution in [-0.2, 0) is 9.63 Å². The summed E-state index contributed by atoms with van der Waals surface area (Å²) in [5.74, 6) is 0.513. The van der Waals surface area contributed by atoms with Crippen molar-refractivity contribution < 1.29 is 9.63 Å². The van der Waals surface area contributed by atoms with Gasteiger partial charge in [0, 0.05) is 17.3 Å². The SMILES string of the molecule is C[C@@H]1ON(c2ccccc2)[C@@H](c2ccc(Cl)cc2)[C@H]1C(=O)N1CCSC1=S. The maximum atomic E-state index is 13.4. The molecule has 2 aliphatic rings. The van der Waals surface area contributed by atoms with Crippen LogP contribution in [0.15, 0.2) is 54.6 Å². The van der Waals surface area contributed by atoms with Crippen LogP contribution in [0.5, 0.6) is 0 Å². The maximum absolute atomic E-state index is 13.4. The molecule has 0 N–H and O–H groups in total. The van der Waals surface area contributed by atoms with Gasteiger partial charge in [0.05, 0.1) is 23.8 Å². The summed E-state index contributed by atoms with van der Waals surface area (Å²) in [5.41, 5.74) is 1.90. The topological polar surface area (TPSA) is 32.8 Å². The fourth-order valence-electron chi connectivity index (χ4n) is 3.62. The Balaban J connectivity index is 1.75. The number of thioether (sulfide) groups is 1. The van der Waals surface area contributed by atoms with Crippen LogP contribution in [0.4, 0.5) is 5.69 Å². The Morgan fingerprint density at radius 1 is 1.19 bits per heavy atom. The normalized spacial score (nSPS) is 25.3. The number of halogens is 1. The van der Waals surface area contributed by atoms with Crippen LogP contribution in [0.3, 0.4) is 0 Å². The first kappa shape index (κ1) is 18.7. The van der Waals surface area contributed by atoms with Crippen LogP contribution in [0.25, 0.3) is 0 Å². The summed E-state index contributed by atoms with van der Waals surface area (Å²) >= 11 is 13.0. The Hall–Kier alpha value is -1.60. The molecule has 2 aromatic rings. The number of amides is 1. The van der Waals surface area contributed by atoms with Crippen LogP contribution >= 0.6 is 35.6 Å². The van der Waals surface area contributed by atoms with Gasteiger partial charge >= 0.3 is 0 Å². The molecule has 0 spiro atoms. The number of carbonyl (C=O) groups excluding carboxylic acids is 1. The minimum absolute atomic E-state index is 0.0240. The number of hydrogen-bond donors (Lipinski definition) is 0. The van der Waals surface area contributed by atoms with Crippen molar-refractivity contribution in [1.82, 2.24) is 4.90 Å². The van der Waals surface area contributed by atoms with Crippen molar-refractivity contribution in [2.75, 3.05) is 17.4 Å². The lowest BCUT2D eigenvalue weighted by Crippen LogP contribution is -2.41. The van der Waals surface area contributed by atoms with Gasteiger partial charge in [0.25, 0.3) is 0 Å². The molecule has 4 rings (SSSR count). The lowest BCUT2D eigenvalue weighted by molar-refractivity contribution is -0.132. The number of hydroxylamine groups is 1. The molecule has 2 heterocycles. The van der Waals surface area contributed by atoms with E-state index in [1.54, 1.807) is 16.7 Å². The molecule has 7 heteroatoms. The number of rotatable bonds is 3. The van der Waals surface area contributed by atoms with E-state index in [2.05, 4.69) is 0 Å². The molecule has 0 unspecified atom stereocenters. The summed E-state index contributed by atoms with van der Waals surface area (Å²) in [6.07, 6.45) is -0.271. The van der Waals surface area contributed by atoms with E-state index in [1.165, 1.54) is 0 Å². The van der Waals surface area contributed by atoms with Crippen molar-refractivity contribution in [3.8, 4) is 0 Å². The molecular weight excluding hydrogens is 400 g/mol. The highest BCUT2D eigenvalue weighted by atomic mass is 35.5. The highest BCUT2D eigenvalue weighted by molar-refractivity contribution is 8.23. The second-order valence-electron chi connectivity index (χ2n) is 6.60. The van der Waals surface area contributed by atoms with Crippen molar-refractivity contribution in [3.05, 3.63) is 65.2 Å². The zero-order valence-electron chi connectivity index (χ0n) is 14.7. The van der Waals surface area contributed by atoms with Crippen molar-refractivity contribution in [2.45, 2.75) is 19.1 Å². The molecule has 0 aliphatic carbocycles. The maximum Gasteiger partial charge on any atom is 0.236 e. The van der Waals surface area contributed by atoms with E-state index in [4.69, 9.17) is 28.7 Å². The predicted molar refractivity (Wildman–Crippen MR) is 114 cm³/mol. The van der Waals surface area contributed by atoms with E-state index in [0.717, 1.165) is 17.0 Å². The molecule has 2 saturated heterocycles. The number of para-hydroxylation sites is 1. The fraction of sp³-hybridized carbons (Fsp3) is 0.300. The first-order valence-electron chi connectivity index (χ1n) is 8.81. The quantitative estimate of drug-likeness (QED) is 0.675. The average molecular weight is 419 g/mol. The third-order valence-corrected chi connectivity index (χ3v) is 6.59. The summed E-state index contributed by atoms with van der Waals surface area (Å²) in [7, 11) is 0. The highest BCUT2D eigenvalue weighted by Crippen LogP contribution is 2.44. The molecule has 27 heavy (non-hydrogen) atoms. The van der Waals surface area contributed by atoms with E-state index in [9.17, 15) is 4.79 Å². The number of thiocarbonyl (C=S) groups is 1. The van der Waals surface area contributed by atoms with Gasteiger partial charge in [-0.15, -0.1) is 0 Å². The Morgan fingerprint density at radius 3 is 2.52 bits per heavy atom.